The van der Waals surface area contributed by atoms with E-state index >= 15 is 0 Å². The first-order valence-corrected chi connectivity index (χ1v) is 12.9. The predicted octanol–water partition coefficient (Wildman–Crippen LogP) is 3.86. The number of aliphatic hydroxyl groups excluding tert-OH is 2. The highest BCUT2D eigenvalue weighted by Gasteiger charge is 2.35. The summed E-state index contributed by atoms with van der Waals surface area (Å²) in [6.07, 6.45) is 2.00. The number of amides is 2. The Morgan fingerprint density at radius 1 is 1.21 bits per heavy atom. The molecule has 2 heterocycles. The van der Waals surface area contributed by atoms with Crippen LogP contribution in [0.25, 0.3) is 11.3 Å². The molecule has 0 spiro atoms. The van der Waals surface area contributed by atoms with Gasteiger partial charge in [0.25, 0.3) is 5.91 Å². The smallest absolute Gasteiger partial charge is 0.255 e. The van der Waals surface area contributed by atoms with Gasteiger partial charge in [0.15, 0.2) is 0 Å². The molecule has 3 aromatic rings. The largest absolute Gasteiger partial charge is 0.396 e. The van der Waals surface area contributed by atoms with Crippen LogP contribution in [0.2, 0.25) is 5.02 Å². The summed E-state index contributed by atoms with van der Waals surface area (Å²) in [6.45, 7) is 7.51. The second-order valence-electron chi connectivity index (χ2n) is 10.6. The molecule has 4 rings (SSSR count). The molecule has 1 aliphatic rings. The van der Waals surface area contributed by atoms with Gasteiger partial charge in [0.2, 0.25) is 5.91 Å². The Morgan fingerprint density at radius 3 is 2.66 bits per heavy atom. The number of carbonyl (C=O) groups excluding carboxylic acids is 2. The molecule has 0 unspecified atom stereocenters. The van der Waals surface area contributed by atoms with Crippen molar-refractivity contribution in [2.24, 2.45) is 5.41 Å². The van der Waals surface area contributed by atoms with Gasteiger partial charge < -0.3 is 20.4 Å². The maximum Gasteiger partial charge on any atom is 0.255 e. The number of hydrogen-bond acceptors (Lipinski definition) is 6. The molecule has 0 aliphatic carbocycles. The van der Waals surface area contributed by atoms with Crippen molar-refractivity contribution in [2.45, 2.75) is 52.7 Å². The summed E-state index contributed by atoms with van der Waals surface area (Å²) in [5.74, 6) is -0.0522. The van der Waals surface area contributed by atoms with E-state index in [2.05, 4.69) is 15.3 Å². The van der Waals surface area contributed by atoms with Crippen LogP contribution in [0.5, 0.6) is 0 Å². The number of aromatic nitrogens is 2. The fourth-order valence-corrected chi connectivity index (χ4v) is 4.71. The van der Waals surface area contributed by atoms with Crippen LogP contribution < -0.4 is 5.32 Å². The zero-order chi connectivity index (χ0) is 27.6. The molecule has 0 saturated heterocycles. The lowest BCUT2D eigenvalue weighted by atomic mass is 9.90. The van der Waals surface area contributed by atoms with Gasteiger partial charge in [-0.2, -0.15) is 0 Å². The molecule has 0 saturated carbocycles. The van der Waals surface area contributed by atoms with Gasteiger partial charge in [0.05, 0.1) is 23.4 Å². The van der Waals surface area contributed by atoms with Crippen molar-refractivity contribution >= 4 is 23.4 Å². The van der Waals surface area contributed by atoms with Gasteiger partial charge in [-0.3, -0.25) is 9.59 Å². The maximum atomic E-state index is 13.4. The quantitative estimate of drug-likeness (QED) is 0.382. The summed E-state index contributed by atoms with van der Waals surface area (Å²) in [4.78, 5) is 36.9. The number of benzene rings is 2. The average molecular weight is 537 g/mol. The number of halogens is 1. The minimum atomic E-state index is -0.743. The van der Waals surface area contributed by atoms with Crippen LogP contribution in [0.4, 0.5) is 0 Å². The highest BCUT2D eigenvalue weighted by molar-refractivity contribution is 6.32. The predicted molar refractivity (Wildman–Crippen MR) is 146 cm³/mol. The Kier molecular flexibility index (Phi) is 8.16. The van der Waals surface area contributed by atoms with Crippen molar-refractivity contribution < 1.29 is 19.8 Å². The van der Waals surface area contributed by atoms with Crippen molar-refractivity contribution in [1.82, 2.24) is 20.2 Å². The summed E-state index contributed by atoms with van der Waals surface area (Å²) in [7, 11) is 0. The lowest BCUT2D eigenvalue weighted by Gasteiger charge is -2.26. The molecule has 2 aromatic carbocycles. The van der Waals surface area contributed by atoms with Crippen LogP contribution >= 0.6 is 11.6 Å². The third-order valence-corrected chi connectivity index (χ3v) is 7.14. The highest BCUT2D eigenvalue weighted by Crippen LogP contribution is 2.32. The first-order chi connectivity index (χ1) is 18.0. The number of nitrogens with zero attached hydrogens (tertiary/aromatic N) is 3. The molecule has 2 atom stereocenters. The summed E-state index contributed by atoms with van der Waals surface area (Å²) in [6, 6.07) is 11.7. The molecule has 200 valence electrons. The van der Waals surface area contributed by atoms with Gasteiger partial charge in [-0.05, 0) is 36.5 Å². The van der Waals surface area contributed by atoms with Gasteiger partial charge in [0, 0.05) is 36.9 Å². The molecule has 0 radical (unpaired) electrons. The number of nitrogens with one attached hydrogen (secondary N) is 1. The number of fused-ring (bicyclic) bond motifs is 1. The van der Waals surface area contributed by atoms with Crippen LogP contribution in [0.1, 0.15) is 59.7 Å². The van der Waals surface area contributed by atoms with E-state index in [1.54, 1.807) is 13.0 Å². The minimum Gasteiger partial charge on any atom is -0.396 e. The normalized spacial score (nSPS) is 14.8. The molecule has 9 heteroatoms. The summed E-state index contributed by atoms with van der Waals surface area (Å²) >= 11 is 6.42. The van der Waals surface area contributed by atoms with E-state index in [0.717, 1.165) is 16.7 Å². The molecule has 3 N–H and O–H groups in total. The topological polar surface area (TPSA) is 116 Å². The van der Waals surface area contributed by atoms with Crippen molar-refractivity contribution in [3.63, 3.8) is 0 Å². The minimum absolute atomic E-state index is 0.00664. The molecule has 1 aromatic heterocycles. The van der Waals surface area contributed by atoms with Crippen LogP contribution in [0.15, 0.2) is 48.7 Å². The fraction of sp³-hybridized carbons (Fsp3) is 0.379. The van der Waals surface area contributed by atoms with Gasteiger partial charge in [-0.1, -0.05) is 67.4 Å². The SMILES string of the molecule is Cc1cccc([C@@H](CO)NC(=O)[C@@H](C)N2Cc3ccc(-c4nc(CC(C)(C)CO)ncc4Cl)cc3C2=O)c1. The van der Waals surface area contributed by atoms with Crippen LogP contribution in [-0.4, -0.2) is 56.2 Å². The summed E-state index contributed by atoms with van der Waals surface area (Å²) < 4.78 is 0. The third kappa shape index (κ3) is 5.88. The number of aliphatic hydroxyl groups is 2. The molecular formula is C29H33ClN4O4. The van der Waals surface area contributed by atoms with Crippen molar-refractivity contribution in [1.29, 1.82) is 0 Å². The second kappa shape index (κ2) is 11.2. The van der Waals surface area contributed by atoms with E-state index in [4.69, 9.17) is 11.6 Å². The number of rotatable bonds is 9. The molecule has 0 bridgehead atoms. The number of aryl methyl sites for hydroxylation is 1. The van der Waals surface area contributed by atoms with Gasteiger partial charge in [0.1, 0.15) is 11.9 Å². The fourth-order valence-electron chi connectivity index (χ4n) is 4.51. The zero-order valence-electron chi connectivity index (χ0n) is 22.0. The van der Waals surface area contributed by atoms with E-state index < -0.39 is 12.1 Å². The van der Waals surface area contributed by atoms with Crippen molar-refractivity contribution in [3.05, 3.63) is 81.8 Å². The lowest BCUT2D eigenvalue weighted by molar-refractivity contribution is -0.126. The molecule has 2 amide bonds. The highest BCUT2D eigenvalue weighted by atomic mass is 35.5. The van der Waals surface area contributed by atoms with E-state index in [1.165, 1.54) is 11.1 Å². The average Bonchev–Trinajstić information content (AvgIpc) is 3.23. The monoisotopic (exact) mass is 536 g/mol. The second-order valence-corrected chi connectivity index (χ2v) is 11.0. The Hall–Kier alpha value is -3.33. The van der Waals surface area contributed by atoms with Crippen molar-refractivity contribution in [2.75, 3.05) is 13.2 Å². The molecule has 1 aliphatic heterocycles. The van der Waals surface area contributed by atoms with Gasteiger partial charge >= 0.3 is 0 Å². The van der Waals surface area contributed by atoms with E-state index in [0.29, 0.717) is 40.6 Å². The van der Waals surface area contributed by atoms with Crippen LogP contribution in [-0.2, 0) is 17.8 Å². The third-order valence-electron chi connectivity index (χ3n) is 6.86. The van der Waals surface area contributed by atoms with Crippen LogP contribution in [0, 0.1) is 12.3 Å². The maximum absolute atomic E-state index is 13.4. The summed E-state index contributed by atoms with van der Waals surface area (Å²) in [5, 5.41) is 22.7. The first kappa shape index (κ1) is 27.7. The molecule has 0 fully saturated rings. The molecule has 38 heavy (non-hydrogen) atoms. The molecular weight excluding hydrogens is 504 g/mol. The standard InChI is InChI=1S/C29H33ClN4O4/c1-17-6-5-7-19(10-17)24(15-35)32-27(37)18(2)34-14-21-9-8-20(11-22(21)28(34)38)26-23(30)13-31-25(33-26)12-29(3,4)16-36/h5-11,13,18,24,35-36H,12,14-16H2,1-4H3,(H,32,37)/t18-,24-/m1/s1. The summed E-state index contributed by atoms with van der Waals surface area (Å²) in [5.41, 5.74) is 3.92. The first-order valence-electron chi connectivity index (χ1n) is 12.6. The van der Waals surface area contributed by atoms with Gasteiger partial charge in [-0.25, -0.2) is 9.97 Å². The zero-order valence-corrected chi connectivity index (χ0v) is 22.8. The Morgan fingerprint density at radius 2 is 1.97 bits per heavy atom. The van der Waals surface area contributed by atoms with Crippen molar-refractivity contribution in [3.8, 4) is 11.3 Å². The Labute approximate surface area is 227 Å². The van der Waals surface area contributed by atoms with E-state index in [9.17, 15) is 19.8 Å². The van der Waals surface area contributed by atoms with E-state index in [-0.39, 0.29) is 30.4 Å². The Balaban J connectivity index is 1.53. The lowest BCUT2D eigenvalue weighted by Crippen LogP contribution is -2.46. The van der Waals surface area contributed by atoms with Crippen LogP contribution in [0.3, 0.4) is 0 Å². The molecule has 8 nitrogen and oxygen atoms in total. The Bertz CT molecular complexity index is 1360. The van der Waals surface area contributed by atoms with E-state index in [1.807, 2.05) is 57.2 Å². The number of carbonyl (C=O) groups is 2. The number of hydrogen-bond donors (Lipinski definition) is 3. The van der Waals surface area contributed by atoms with Gasteiger partial charge in [-0.15, -0.1) is 0 Å².